The lowest BCUT2D eigenvalue weighted by Crippen LogP contribution is -2.47. The van der Waals surface area contributed by atoms with Crippen molar-refractivity contribution in [1.29, 1.82) is 0 Å². The summed E-state index contributed by atoms with van der Waals surface area (Å²) in [5.74, 6) is 0. The first kappa shape index (κ1) is 17.9. The van der Waals surface area contributed by atoms with Crippen molar-refractivity contribution in [1.82, 2.24) is 10.2 Å². The first-order chi connectivity index (χ1) is 11.6. The summed E-state index contributed by atoms with van der Waals surface area (Å²) >= 11 is 0. The van der Waals surface area contributed by atoms with E-state index in [0.717, 1.165) is 45.7 Å². The molecule has 1 aromatic rings. The van der Waals surface area contributed by atoms with Gasteiger partial charge in [-0.1, -0.05) is 24.3 Å². The van der Waals surface area contributed by atoms with Crippen LogP contribution in [-0.2, 0) is 9.47 Å². The monoisotopic (exact) mass is 332 g/mol. The molecule has 0 radical (unpaired) electrons. The fraction of sp³-hybridized carbons (Fsp3) is 0.700. The Morgan fingerprint density at radius 3 is 2.46 bits per heavy atom. The van der Waals surface area contributed by atoms with Crippen LogP contribution in [0.2, 0.25) is 0 Å². The van der Waals surface area contributed by atoms with Crippen molar-refractivity contribution >= 4 is 0 Å². The van der Waals surface area contributed by atoms with Crippen LogP contribution in [0.5, 0.6) is 0 Å². The number of hydrogen-bond acceptors (Lipinski definition) is 4. The molecule has 24 heavy (non-hydrogen) atoms. The van der Waals surface area contributed by atoms with Crippen LogP contribution in [0.25, 0.3) is 0 Å². The zero-order chi connectivity index (χ0) is 16.9. The van der Waals surface area contributed by atoms with E-state index in [1.54, 1.807) is 0 Å². The molecular formula is C20H32N2O2. The number of aryl methyl sites for hydroxylation is 1. The van der Waals surface area contributed by atoms with E-state index in [1.165, 1.54) is 11.1 Å². The van der Waals surface area contributed by atoms with Crippen molar-refractivity contribution in [3.63, 3.8) is 0 Å². The van der Waals surface area contributed by atoms with E-state index < -0.39 is 0 Å². The van der Waals surface area contributed by atoms with E-state index in [4.69, 9.17) is 9.47 Å². The number of ether oxygens (including phenoxy) is 2. The smallest absolute Gasteiger partial charge is 0.0594 e. The van der Waals surface area contributed by atoms with Gasteiger partial charge in [0, 0.05) is 31.7 Å². The predicted molar refractivity (Wildman–Crippen MR) is 97.3 cm³/mol. The Hall–Kier alpha value is -0.940. The van der Waals surface area contributed by atoms with E-state index >= 15 is 0 Å². The number of benzene rings is 1. The fourth-order valence-electron chi connectivity index (χ4n) is 4.09. The normalized spacial score (nSPS) is 30.2. The summed E-state index contributed by atoms with van der Waals surface area (Å²) in [6, 6.07) is 9.67. The van der Waals surface area contributed by atoms with Gasteiger partial charge in [-0.25, -0.2) is 0 Å². The molecule has 0 unspecified atom stereocenters. The predicted octanol–water partition coefficient (Wildman–Crippen LogP) is 2.91. The number of nitrogens with one attached hydrogen (secondary N) is 1. The van der Waals surface area contributed by atoms with Crippen LogP contribution in [0.4, 0.5) is 0 Å². The van der Waals surface area contributed by atoms with Gasteiger partial charge in [0.15, 0.2) is 0 Å². The third kappa shape index (κ3) is 4.79. The summed E-state index contributed by atoms with van der Waals surface area (Å²) in [6.07, 6.45) is 2.87. The molecule has 0 spiro atoms. The highest BCUT2D eigenvalue weighted by atomic mass is 16.5. The standard InChI is InChI=1S/C20H32N2O2/c1-15-6-4-5-7-19(15)20(14-22-8-10-23-11-9-22)21-18-12-16(2)24-17(3)13-18/h4-7,16-18,20-21H,8-14H2,1-3H3/t16-,17-,20+/m1/s1. The van der Waals surface area contributed by atoms with Gasteiger partial charge in [-0.15, -0.1) is 0 Å². The lowest BCUT2D eigenvalue weighted by atomic mass is 9.95. The third-order valence-corrected chi connectivity index (χ3v) is 5.24. The van der Waals surface area contributed by atoms with Gasteiger partial charge >= 0.3 is 0 Å². The van der Waals surface area contributed by atoms with Crippen LogP contribution in [0, 0.1) is 6.92 Å². The highest BCUT2D eigenvalue weighted by Crippen LogP contribution is 2.25. The van der Waals surface area contributed by atoms with Gasteiger partial charge in [0.25, 0.3) is 0 Å². The maximum atomic E-state index is 5.91. The SMILES string of the molecule is Cc1ccccc1[C@H](CN1CCOCC1)NC1C[C@@H](C)O[C@H](C)C1. The van der Waals surface area contributed by atoms with Gasteiger partial charge in [-0.05, 0) is 44.7 Å². The number of hydrogen-bond donors (Lipinski definition) is 1. The average molecular weight is 332 g/mol. The minimum absolute atomic E-state index is 0.340. The molecule has 0 saturated carbocycles. The summed E-state index contributed by atoms with van der Waals surface area (Å²) in [6.45, 7) is 11.4. The molecule has 2 fully saturated rings. The lowest BCUT2D eigenvalue weighted by Gasteiger charge is -2.37. The van der Waals surface area contributed by atoms with Crippen molar-refractivity contribution < 1.29 is 9.47 Å². The van der Waals surface area contributed by atoms with E-state index in [2.05, 4.69) is 55.3 Å². The summed E-state index contributed by atoms with van der Waals surface area (Å²) in [7, 11) is 0. The molecule has 134 valence electrons. The summed E-state index contributed by atoms with van der Waals surface area (Å²) in [5, 5.41) is 3.96. The molecule has 0 aliphatic carbocycles. The van der Waals surface area contributed by atoms with Gasteiger partial charge in [0.05, 0.1) is 25.4 Å². The molecule has 2 aliphatic heterocycles. The van der Waals surface area contributed by atoms with Gasteiger partial charge in [-0.2, -0.15) is 0 Å². The molecule has 0 aromatic heterocycles. The molecule has 1 N–H and O–H groups in total. The van der Waals surface area contributed by atoms with E-state index in [0.29, 0.717) is 24.3 Å². The first-order valence-electron chi connectivity index (χ1n) is 9.39. The van der Waals surface area contributed by atoms with Crippen molar-refractivity contribution in [3.05, 3.63) is 35.4 Å². The van der Waals surface area contributed by atoms with E-state index in [1.807, 2.05) is 0 Å². The highest BCUT2D eigenvalue weighted by Gasteiger charge is 2.28. The Morgan fingerprint density at radius 2 is 1.79 bits per heavy atom. The van der Waals surface area contributed by atoms with E-state index in [9.17, 15) is 0 Å². The molecule has 0 amide bonds. The van der Waals surface area contributed by atoms with Gasteiger partial charge in [0.1, 0.15) is 0 Å². The summed E-state index contributed by atoms with van der Waals surface area (Å²) in [5.41, 5.74) is 2.80. The van der Waals surface area contributed by atoms with Crippen molar-refractivity contribution in [2.45, 2.75) is 57.9 Å². The second kappa shape index (κ2) is 8.43. The van der Waals surface area contributed by atoms with Gasteiger partial charge in [0.2, 0.25) is 0 Å². The fourth-order valence-corrected chi connectivity index (χ4v) is 4.09. The minimum atomic E-state index is 0.340. The molecule has 0 bridgehead atoms. The minimum Gasteiger partial charge on any atom is -0.379 e. The molecule has 2 saturated heterocycles. The molecular weight excluding hydrogens is 300 g/mol. The number of nitrogens with zero attached hydrogens (tertiary/aromatic N) is 1. The molecule has 4 nitrogen and oxygen atoms in total. The van der Waals surface area contributed by atoms with Crippen molar-refractivity contribution in [3.8, 4) is 0 Å². The zero-order valence-electron chi connectivity index (χ0n) is 15.3. The van der Waals surface area contributed by atoms with Crippen LogP contribution in [0.15, 0.2) is 24.3 Å². The lowest BCUT2D eigenvalue weighted by molar-refractivity contribution is -0.0447. The van der Waals surface area contributed by atoms with Crippen LogP contribution < -0.4 is 5.32 Å². The molecule has 4 heteroatoms. The average Bonchev–Trinajstić information content (AvgIpc) is 2.55. The Labute approximate surface area is 146 Å². The highest BCUT2D eigenvalue weighted by molar-refractivity contribution is 5.29. The number of morpholine rings is 1. The molecule has 2 aliphatic rings. The number of rotatable bonds is 5. The Bertz CT molecular complexity index is 506. The maximum absolute atomic E-state index is 5.91. The zero-order valence-corrected chi connectivity index (χ0v) is 15.3. The maximum Gasteiger partial charge on any atom is 0.0594 e. The molecule has 3 rings (SSSR count). The second-order valence-corrected chi connectivity index (χ2v) is 7.41. The largest absolute Gasteiger partial charge is 0.379 e. The second-order valence-electron chi connectivity index (χ2n) is 7.41. The van der Waals surface area contributed by atoms with Crippen LogP contribution in [0.3, 0.4) is 0 Å². The van der Waals surface area contributed by atoms with Crippen LogP contribution in [-0.4, -0.2) is 56.0 Å². The topological polar surface area (TPSA) is 33.7 Å². The molecule has 1 aromatic carbocycles. The van der Waals surface area contributed by atoms with E-state index in [-0.39, 0.29) is 0 Å². The Kier molecular flexibility index (Phi) is 6.28. The molecule has 2 heterocycles. The first-order valence-corrected chi connectivity index (χ1v) is 9.39. The third-order valence-electron chi connectivity index (χ3n) is 5.24. The Balaban J connectivity index is 1.72. The van der Waals surface area contributed by atoms with Gasteiger partial charge < -0.3 is 14.8 Å². The summed E-state index contributed by atoms with van der Waals surface area (Å²) < 4.78 is 11.4. The summed E-state index contributed by atoms with van der Waals surface area (Å²) in [4.78, 5) is 2.53. The Morgan fingerprint density at radius 1 is 1.12 bits per heavy atom. The molecule has 3 atom stereocenters. The van der Waals surface area contributed by atoms with Crippen LogP contribution in [0.1, 0.15) is 43.9 Å². The quantitative estimate of drug-likeness (QED) is 0.899. The van der Waals surface area contributed by atoms with Gasteiger partial charge in [-0.3, -0.25) is 4.90 Å². The van der Waals surface area contributed by atoms with Crippen molar-refractivity contribution in [2.75, 3.05) is 32.8 Å². The van der Waals surface area contributed by atoms with Crippen LogP contribution >= 0.6 is 0 Å². The van der Waals surface area contributed by atoms with Crippen molar-refractivity contribution in [2.24, 2.45) is 0 Å².